The molecule has 1 heterocycles. The van der Waals surface area contributed by atoms with Crippen molar-refractivity contribution in [2.24, 2.45) is 4.99 Å². The molecule has 0 aromatic rings. The Morgan fingerprint density at radius 2 is 2.00 bits per heavy atom. The third-order valence-corrected chi connectivity index (χ3v) is 4.25. The van der Waals surface area contributed by atoms with Crippen LogP contribution in [0, 0.1) is 0 Å². The van der Waals surface area contributed by atoms with Crippen LogP contribution in [0.5, 0.6) is 0 Å². The van der Waals surface area contributed by atoms with E-state index in [0.717, 1.165) is 18.5 Å². The minimum atomic E-state index is 0. The van der Waals surface area contributed by atoms with E-state index in [2.05, 4.69) is 27.4 Å². The summed E-state index contributed by atoms with van der Waals surface area (Å²) in [6, 6.07) is 1.48. The van der Waals surface area contributed by atoms with Crippen LogP contribution < -0.4 is 10.6 Å². The highest BCUT2D eigenvalue weighted by molar-refractivity contribution is 14.0. The van der Waals surface area contributed by atoms with Crippen molar-refractivity contribution in [1.29, 1.82) is 0 Å². The lowest BCUT2D eigenvalue weighted by atomic mass is 10.0. The molecule has 1 aliphatic heterocycles. The third-order valence-electron chi connectivity index (χ3n) is 4.25. The maximum Gasteiger partial charge on any atom is 0.191 e. The lowest BCUT2D eigenvalue weighted by Crippen LogP contribution is -2.40. The Hall–Kier alpha value is -0.0400. The quantitative estimate of drug-likeness (QED) is 0.315. The number of piperidine rings is 1. The zero-order chi connectivity index (χ0) is 13.5. The van der Waals surface area contributed by atoms with Crippen molar-refractivity contribution in [3.8, 4) is 0 Å². The normalized spacial score (nSPS) is 24.1. The number of guanidine groups is 1. The fourth-order valence-corrected chi connectivity index (χ4v) is 2.75. The van der Waals surface area contributed by atoms with Gasteiger partial charge in [-0.15, -0.1) is 24.0 Å². The summed E-state index contributed by atoms with van der Waals surface area (Å²) < 4.78 is 0. The van der Waals surface area contributed by atoms with Crippen molar-refractivity contribution in [3.63, 3.8) is 0 Å². The average Bonchev–Trinajstić information content (AvgIpc) is 3.23. The van der Waals surface area contributed by atoms with E-state index in [1.54, 1.807) is 0 Å². The molecule has 5 heteroatoms. The van der Waals surface area contributed by atoms with E-state index in [4.69, 9.17) is 0 Å². The second kappa shape index (κ2) is 9.82. The van der Waals surface area contributed by atoms with E-state index in [1.807, 2.05) is 7.05 Å². The number of unbranched alkanes of at least 4 members (excludes halogenated alkanes) is 1. The molecule has 1 unspecified atom stereocenters. The SMILES string of the molecule is CN=C(NCCCCN1CCCCC1C)NC1CC1.I. The first kappa shape index (κ1) is 18.0. The van der Waals surface area contributed by atoms with Gasteiger partial charge in [-0.05, 0) is 58.5 Å². The first-order valence-corrected chi connectivity index (χ1v) is 8.01. The molecular formula is C15H31IN4. The van der Waals surface area contributed by atoms with Gasteiger partial charge >= 0.3 is 0 Å². The molecule has 1 saturated carbocycles. The minimum Gasteiger partial charge on any atom is -0.356 e. The molecule has 0 radical (unpaired) electrons. The number of hydrogen-bond donors (Lipinski definition) is 2. The van der Waals surface area contributed by atoms with Crippen molar-refractivity contribution < 1.29 is 0 Å². The largest absolute Gasteiger partial charge is 0.356 e. The van der Waals surface area contributed by atoms with Crippen molar-refractivity contribution in [2.75, 3.05) is 26.7 Å². The molecule has 1 saturated heterocycles. The molecule has 1 atom stereocenters. The predicted molar refractivity (Wildman–Crippen MR) is 97.1 cm³/mol. The van der Waals surface area contributed by atoms with Crippen LogP contribution in [0.1, 0.15) is 51.9 Å². The van der Waals surface area contributed by atoms with Gasteiger partial charge in [-0.2, -0.15) is 0 Å². The molecule has 0 amide bonds. The maximum absolute atomic E-state index is 4.25. The van der Waals surface area contributed by atoms with Crippen LogP contribution in [0.4, 0.5) is 0 Å². The average molecular weight is 394 g/mol. The second-order valence-electron chi connectivity index (χ2n) is 6.01. The molecule has 0 spiro atoms. The number of rotatable bonds is 6. The Morgan fingerprint density at radius 3 is 2.65 bits per heavy atom. The summed E-state index contributed by atoms with van der Waals surface area (Å²) in [7, 11) is 1.85. The summed E-state index contributed by atoms with van der Waals surface area (Å²) in [6.45, 7) is 5.98. The van der Waals surface area contributed by atoms with Gasteiger partial charge in [0.25, 0.3) is 0 Å². The van der Waals surface area contributed by atoms with Gasteiger partial charge in [0, 0.05) is 25.7 Å². The number of aliphatic imine (C=N–C) groups is 1. The van der Waals surface area contributed by atoms with E-state index in [-0.39, 0.29) is 24.0 Å². The van der Waals surface area contributed by atoms with Crippen molar-refractivity contribution >= 4 is 29.9 Å². The monoisotopic (exact) mass is 394 g/mol. The molecule has 2 fully saturated rings. The molecule has 20 heavy (non-hydrogen) atoms. The molecular weight excluding hydrogens is 363 g/mol. The second-order valence-corrected chi connectivity index (χ2v) is 6.01. The molecule has 2 aliphatic rings. The zero-order valence-electron chi connectivity index (χ0n) is 13.0. The Kier molecular flexibility index (Phi) is 8.84. The predicted octanol–water partition coefficient (Wildman–Crippen LogP) is 2.59. The van der Waals surface area contributed by atoms with Gasteiger partial charge in [0.1, 0.15) is 0 Å². The van der Waals surface area contributed by atoms with Gasteiger partial charge in [-0.1, -0.05) is 6.42 Å². The van der Waals surface area contributed by atoms with Gasteiger partial charge in [0.05, 0.1) is 0 Å². The molecule has 2 rings (SSSR count). The summed E-state index contributed by atoms with van der Waals surface area (Å²) >= 11 is 0. The topological polar surface area (TPSA) is 39.7 Å². The van der Waals surface area contributed by atoms with E-state index < -0.39 is 0 Å². The van der Waals surface area contributed by atoms with E-state index >= 15 is 0 Å². The van der Waals surface area contributed by atoms with Crippen molar-refractivity contribution in [2.45, 2.75) is 64.0 Å². The number of hydrogen-bond acceptors (Lipinski definition) is 2. The Bertz CT molecular complexity index is 292. The molecule has 118 valence electrons. The Morgan fingerprint density at radius 1 is 1.20 bits per heavy atom. The van der Waals surface area contributed by atoms with E-state index in [0.29, 0.717) is 6.04 Å². The van der Waals surface area contributed by atoms with Crippen LogP contribution >= 0.6 is 24.0 Å². The molecule has 0 aromatic heterocycles. The van der Waals surface area contributed by atoms with E-state index in [1.165, 1.54) is 58.0 Å². The summed E-state index contributed by atoms with van der Waals surface area (Å²) in [6.07, 6.45) is 9.31. The Balaban J connectivity index is 0.00000200. The maximum atomic E-state index is 4.25. The molecule has 4 nitrogen and oxygen atoms in total. The summed E-state index contributed by atoms with van der Waals surface area (Å²) in [4.78, 5) is 6.91. The summed E-state index contributed by atoms with van der Waals surface area (Å²) in [5.41, 5.74) is 0. The van der Waals surface area contributed by atoms with Gasteiger partial charge in [0.15, 0.2) is 5.96 Å². The first-order chi connectivity index (χ1) is 9.29. The van der Waals surface area contributed by atoms with Crippen molar-refractivity contribution in [3.05, 3.63) is 0 Å². The van der Waals surface area contributed by atoms with Gasteiger partial charge in [-0.25, -0.2) is 0 Å². The van der Waals surface area contributed by atoms with Crippen LogP contribution in [0.3, 0.4) is 0 Å². The van der Waals surface area contributed by atoms with Gasteiger partial charge in [-0.3, -0.25) is 4.99 Å². The highest BCUT2D eigenvalue weighted by Gasteiger charge is 2.22. The molecule has 0 aromatic carbocycles. The van der Waals surface area contributed by atoms with Crippen LogP contribution in [0.2, 0.25) is 0 Å². The molecule has 2 N–H and O–H groups in total. The fourth-order valence-electron chi connectivity index (χ4n) is 2.75. The first-order valence-electron chi connectivity index (χ1n) is 8.01. The molecule has 1 aliphatic carbocycles. The number of nitrogens with zero attached hydrogens (tertiary/aromatic N) is 2. The number of halogens is 1. The summed E-state index contributed by atoms with van der Waals surface area (Å²) in [5.74, 6) is 0.980. The van der Waals surface area contributed by atoms with E-state index in [9.17, 15) is 0 Å². The fraction of sp³-hybridized carbons (Fsp3) is 0.933. The lowest BCUT2D eigenvalue weighted by Gasteiger charge is -2.33. The van der Waals surface area contributed by atoms with Crippen LogP contribution in [0.15, 0.2) is 4.99 Å². The molecule has 0 bridgehead atoms. The third kappa shape index (κ3) is 6.61. The smallest absolute Gasteiger partial charge is 0.191 e. The summed E-state index contributed by atoms with van der Waals surface area (Å²) in [5, 5.41) is 6.83. The van der Waals surface area contributed by atoms with Crippen LogP contribution in [-0.2, 0) is 0 Å². The van der Waals surface area contributed by atoms with Gasteiger partial charge < -0.3 is 15.5 Å². The van der Waals surface area contributed by atoms with Crippen molar-refractivity contribution in [1.82, 2.24) is 15.5 Å². The Labute approximate surface area is 141 Å². The lowest BCUT2D eigenvalue weighted by molar-refractivity contribution is 0.158. The van der Waals surface area contributed by atoms with Gasteiger partial charge in [0.2, 0.25) is 0 Å². The zero-order valence-corrected chi connectivity index (χ0v) is 15.4. The van der Waals surface area contributed by atoms with Crippen LogP contribution in [-0.4, -0.2) is 49.6 Å². The number of likely N-dealkylation sites (tertiary alicyclic amines) is 1. The number of nitrogens with one attached hydrogen (secondary N) is 2. The van der Waals surface area contributed by atoms with Crippen LogP contribution in [0.25, 0.3) is 0 Å². The highest BCUT2D eigenvalue weighted by atomic mass is 127. The highest BCUT2D eigenvalue weighted by Crippen LogP contribution is 2.18. The standard InChI is InChI=1S/C15H30N4.HI/c1-13-7-3-5-11-19(13)12-6-4-10-17-15(16-2)18-14-8-9-14;/h13-14H,3-12H2,1-2H3,(H2,16,17,18);1H. The minimum absolute atomic E-state index is 0.